The molecule has 2 aromatic rings. The Kier molecular flexibility index (Phi) is 2.77. The van der Waals surface area contributed by atoms with Gasteiger partial charge >= 0.3 is 0 Å². The molecule has 0 fully saturated rings. The van der Waals surface area contributed by atoms with Crippen LogP contribution in [0.25, 0.3) is 11.0 Å². The zero-order valence-electron chi connectivity index (χ0n) is 7.15. The molecule has 2 rings (SSSR count). The number of aromatic nitrogens is 2. The molecule has 0 saturated carbocycles. The van der Waals surface area contributed by atoms with Crippen molar-refractivity contribution in [1.29, 1.82) is 0 Å². The number of fused-ring (bicyclic) bond motifs is 1. The second kappa shape index (κ2) is 3.92. The molecule has 0 N–H and O–H groups in total. The summed E-state index contributed by atoms with van der Waals surface area (Å²) in [6.07, 6.45) is 0. The molecule has 0 unspecified atom stereocenters. The normalized spacial score (nSPS) is 11.1. The van der Waals surface area contributed by atoms with E-state index in [1.165, 1.54) is 18.2 Å². The lowest BCUT2D eigenvalue weighted by Crippen LogP contribution is -1.88. The van der Waals surface area contributed by atoms with Crippen molar-refractivity contribution in [3.63, 3.8) is 0 Å². The SMILES string of the molecule is O=[SH](=O)c1ccc2nc(Cl)c(Cl)nc2c1. The Morgan fingerprint density at radius 1 is 1.00 bits per heavy atom. The van der Waals surface area contributed by atoms with Crippen LogP contribution in [0.15, 0.2) is 23.1 Å². The second-order valence-corrected chi connectivity index (χ2v) is 4.48. The molecule has 0 bridgehead atoms. The quantitative estimate of drug-likeness (QED) is 0.798. The van der Waals surface area contributed by atoms with Crippen molar-refractivity contribution in [2.75, 3.05) is 0 Å². The summed E-state index contributed by atoms with van der Waals surface area (Å²) in [6.45, 7) is 0. The zero-order valence-corrected chi connectivity index (χ0v) is 9.55. The third-order valence-electron chi connectivity index (χ3n) is 1.78. The van der Waals surface area contributed by atoms with Crippen molar-refractivity contribution in [2.45, 2.75) is 4.90 Å². The van der Waals surface area contributed by atoms with Crippen molar-refractivity contribution in [1.82, 2.24) is 9.97 Å². The lowest BCUT2D eigenvalue weighted by atomic mass is 10.3. The van der Waals surface area contributed by atoms with Crippen molar-refractivity contribution < 1.29 is 8.42 Å². The smallest absolute Gasteiger partial charge is 0.168 e. The fraction of sp³-hybridized carbons (Fsp3) is 0. The van der Waals surface area contributed by atoms with Crippen LogP contribution in [0, 0.1) is 0 Å². The van der Waals surface area contributed by atoms with Crippen LogP contribution in [0.1, 0.15) is 0 Å². The third kappa shape index (κ3) is 2.04. The first kappa shape index (κ1) is 10.6. The van der Waals surface area contributed by atoms with E-state index < -0.39 is 10.7 Å². The first-order valence-electron chi connectivity index (χ1n) is 3.85. The predicted octanol–water partition coefficient (Wildman–Crippen LogP) is 1.91. The van der Waals surface area contributed by atoms with Crippen molar-refractivity contribution in [3.8, 4) is 0 Å². The minimum absolute atomic E-state index is 0.0578. The number of benzene rings is 1. The molecular weight excluding hydrogens is 259 g/mol. The molecule has 15 heavy (non-hydrogen) atoms. The van der Waals surface area contributed by atoms with E-state index >= 15 is 0 Å². The fourth-order valence-electron chi connectivity index (χ4n) is 1.11. The van der Waals surface area contributed by atoms with Gasteiger partial charge in [0.1, 0.15) is 0 Å². The van der Waals surface area contributed by atoms with Gasteiger partial charge in [0.05, 0.1) is 15.9 Å². The number of hydrogen-bond donors (Lipinski definition) is 1. The monoisotopic (exact) mass is 262 g/mol. The molecule has 1 aromatic heterocycles. The van der Waals surface area contributed by atoms with E-state index in [9.17, 15) is 8.42 Å². The van der Waals surface area contributed by atoms with Crippen LogP contribution < -0.4 is 0 Å². The highest BCUT2D eigenvalue weighted by Crippen LogP contribution is 2.21. The molecule has 1 heterocycles. The number of rotatable bonds is 1. The Morgan fingerprint density at radius 3 is 2.20 bits per heavy atom. The lowest BCUT2D eigenvalue weighted by molar-refractivity contribution is 0.614. The molecule has 0 aliphatic rings. The maximum Gasteiger partial charge on any atom is 0.168 e. The Hall–Kier alpha value is -0.910. The Balaban J connectivity index is 2.77. The molecular formula is C8H4Cl2N2O2S. The van der Waals surface area contributed by atoms with Gasteiger partial charge in [0.15, 0.2) is 21.0 Å². The zero-order chi connectivity index (χ0) is 11.0. The van der Waals surface area contributed by atoms with E-state index in [1.807, 2.05) is 0 Å². The molecule has 78 valence electrons. The van der Waals surface area contributed by atoms with E-state index in [2.05, 4.69) is 9.97 Å². The Labute approximate surface area is 96.8 Å². The van der Waals surface area contributed by atoms with Crippen molar-refractivity contribution in [3.05, 3.63) is 28.5 Å². The van der Waals surface area contributed by atoms with Gasteiger partial charge in [-0.3, -0.25) is 0 Å². The molecule has 0 aliphatic carbocycles. The average Bonchev–Trinajstić information content (AvgIpc) is 2.19. The van der Waals surface area contributed by atoms with Gasteiger partial charge in [0.25, 0.3) is 0 Å². The van der Waals surface area contributed by atoms with E-state index in [1.54, 1.807) is 0 Å². The van der Waals surface area contributed by atoms with Gasteiger partial charge in [-0.15, -0.1) is 0 Å². The average molecular weight is 263 g/mol. The topological polar surface area (TPSA) is 59.9 Å². The highest BCUT2D eigenvalue weighted by atomic mass is 35.5. The minimum Gasteiger partial charge on any atom is -0.231 e. The van der Waals surface area contributed by atoms with E-state index in [-0.39, 0.29) is 15.2 Å². The Morgan fingerprint density at radius 2 is 1.60 bits per heavy atom. The summed E-state index contributed by atoms with van der Waals surface area (Å²) < 4.78 is 21.5. The number of halogens is 2. The largest absolute Gasteiger partial charge is 0.231 e. The van der Waals surface area contributed by atoms with E-state index in [0.717, 1.165) is 0 Å². The van der Waals surface area contributed by atoms with Gasteiger partial charge in [-0.2, -0.15) is 0 Å². The second-order valence-electron chi connectivity index (χ2n) is 2.74. The number of hydrogen-bond acceptors (Lipinski definition) is 4. The van der Waals surface area contributed by atoms with Crippen molar-refractivity contribution in [2.24, 2.45) is 0 Å². The van der Waals surface area contributed by atoms with Gasteiger partial charge in [-0.25, -0.2) is 18.4 Å². The standard InChI is InChI=1S/C8H4Cl2N2O2S/c9-7-8(10)12-6-3-4(15(13)14)1-2-5(6)11-7/h1-3,15H. The molecule has 0 atom stereocenters. The summed E-state index contributed by atoms with van der Waals surface area (Å²) in [5.41, 5.74) is 0.908. The maximum absolute atomic E-state index is 10.7. The number of nitrogens with zero attached hydrogens (tertiary/aromatic N) is 2. The fourth-order valence-corrected chi connectivity index (χ4v) is 1.80. The Bertz CT molecular complexity index is 605. The summed E-state index contributed by atoms with van der Waals surface area (Å²) in [5.74, 6) is 0. The first-order chi connectivity index (χ1) is 7.08. The van der Waals surface area contributed by atoms with Crippen LogP contribution in [0.2, 0.25) is 10.3 Å². The number of thiol groups is 1. The lowest BCUT2D eigenvalue weighted by Gasteiger charge is -1.99. The summed E-state index contributed by atoms with van der Waals surface area (Å²) in [6, 6.07) is 4.37. The molecule has 0 amide bonds. The van der Waals surface area contributed by atoms with Gasteiger partial charge in [-0.1, -0.05) is 23.2 Å². The highest BCUT2D eigenvalue weighted by molar-refractivity contribution is 7.72. The minimum atomic E-state index is -2.63. The van der Waals surface area contributed by atoms with Gasteiger partial charge in [0.2, 0.25) is 0 Å². The van der Waals surface area contributed by atoms with Gasteiger partial charge < -0.3 is 0 Å². The highest BCUT2D eigenvalue weighted by Gasteiger charge is 2.05. The maximum atomic E-state index is 10.7. The van der Waals surface area contributed by atoms with E-state index in [0.29, 0.717) is 11.0 Å². The van der Waals surface area contributed by atoms with Crippen LogP contribution in [0.5, 0.6) is 0 Å². The predicted molar refractivity (Wildman–Crippen MR) is 58.1 cm³/mol. The molecule has 0 saturated heterocycles. The summed E-state index contributed by atoms with van der Waals surface area (Å²) >= 11 is 11.3. The van der Waals surface area contributed by atoms with Crippen LogP contribution in [0.4, 0.5) is 0 Å². The van der Waals surface area contributed by atoms with Crippen LogP contribution in [-0.2, 0) is 10.7 Å². The molecule has 4 nitrogen and oxygen atoms in total. The van der Waals surface area contributed by atoms with Crippen LogP contribution in [-0.4, -0.2) is 18.4 Å². The van der Waals surface area contributed by atoms with E-state index in [4.69, 9.17) is 23.2 Å². The van der Waals surface area contributed by atoms with Crippen LogP contribution in [0.3, 0.4) is 0 Å². The molecule has 7 heteroatoms. The third-order valence-corrected chi connectivity index (χ3v) is 3.10. The molecule has 0 spiro atoms. The summed E-state index contributed by atoms with van der Waals surface area (Å²) in [7, 11) is -2.63. The van der Waals surface area contributed by atoms with Crippen LogP contribution >= 0.6 is 23.2 Å². The first-order valence-corrected chi connectivity index (χ1v) is 5.78. The van der Waals surface area contributed by atoms with Gasteiger partial charge in [0, 0.05) is 0 Å². The summed E-state index contributed by atoms with van der Waals surface area (Å²) in [4.78, 5) is 8.04. The summed E-state index contributed by atoms with van der Waals surface area (Å²) in [5, 5.41) is 0.158. The molecule has 1 aromatic carbocycles. The molecule has 0 aliphatic heterocycles. The van der Waals surface area contributed by atoms with Crippen molar-refractivity contribution >= 4 is 44.9 Å². The molecule has 0 radical (unpaired) electrons. The van der Waals surface area contributed by atoms with Gasteiger partial charge in [-0.05, 0) is 18.2 Å².